The van der Waals surface area contributed by atoms with Gasteiger partial charge >= 0.3 is 0 Å². The fourth-order valence-electron chi connectivity index (χ4n) is 1.09. The van der Waals surface area contributed by atoms with E-state index in [-0.39, 0.29) is 0 Å². The van der Waals surface area contributed by atoms with Gasteiger partial charge in [-0.3, -0.25) is 4.79 Å². The third-order valence-corrected chi connectivity index (χ3v) is 2.01. The minimum atomic E-state index is -1.30. The van der Waals surface area contributed by atoms with Crippen LogP contribution in [0.4, 0.5) is 8.78 Å². The second kappa shape index (κ2) is 5.21. The van der Waals surface area contributed by atoms with Gasteiger partial charge in [0.05, 0.1) is 11.6 Å². The van der Waals surface area contributed by atoms with Crippen LogP contribution in [-0.4, -0.2) is 16.9 Å². The lowest BCUT2D eigenvalue weighted by Crippen LogP contribution is -2.33. The van der Waals surface area contributed by atoms with Gasteiger partial charge in [0, 0.05) is 6.20 Å². The lowest BCUT2D eigenvalue weighted by atomic mass is 10.2. The van der Waals surface area contributed by atoms with Crippen LogP contribution in [0.5, 0.6) is 0 Å². The molecule has 1 aromatic heterocycles. The highest BCUT2D eigenvalue weighted by Gasteiger charge is 2.17. The van der Waals surface area contributed by atoms with E-state index in [0.29, 0.717) is 6.42 Å². The predicted molar refractivity (Wildman–Crippen MR) is 54.5 cm³/mol. The highest BCUT2D eigenvalue weighted by Crippen LogP contribution is 2.09. The van der Waals surface area contributed by atoms with E-state index in [9.17, 15) is 13.6 Å². The van der Waals surface area contributed by atoms with E-state index in [4.69, 9.17) is 6.42 Å². The Balaban J connectivity index is 2.90. The zero-order valence-corrected chi connectivity index (χ0v) is 8.63. The number of nitrogens with zero attached hydrogens (tertiary/aromatic N) is 1. The minimum Gasteiger partial charge on any atom is -0.338 e. The number of halogens is 2. The number of hydrogen-bond acceptors (Lipinski definition) is 2. The standard InChI is InChI=1S/C11H10F2N2O/c1-3-7(4-2)15-11(16)8-5-6-14-10(13)9(8)12/h1,5-7H,4H2,2H3,(H,15,16). The molecule has 16 heavy (non-hydrogen) atoms. The van der Waals surface area contributed by atoms with Gasteiger partial charge in [-0.05, 0) is 12.5 Å². The predicted octanol–water partition coefficient (Wildman–Crippen LogP) is 1.50. The van der Waals surface area contributed by atoms with Crippen molar-refractivity contribution in [3.8, 4) is 12.3 Å². The quantitative estimate of drug-likeness (QED) is 0.624. The average molecular weight is 224 g/mol. The van der Waals surface area contributed by atoms with E-state index in [1.165, 1.54) is 0 Å². The number of aromatic nitrogens is 1. The van der Waals surface area contributed by atoms with Crippen LogP contribution in [0.1, 0.15) is 23.7 Å². The number of pyridine rings is 1. The number of amides is 1. The van der Waals surface area contributed by atoms with Crippen molar-refractivity contribution in [3.63, 3.8) is 0 Å². The van der Waals surface area contributed by atoms with Crippen LogP contribution in [0, 0.1) is 24.1 Å². The maximum Gasteiger partial charge on any atom is 0.255 e. The number of carbonyl (C=O) groups is 1. The fourth-order valence-corrected chi connectivity index (χ4v) is 1.09. The summed E-state index contributed by atoms with van der Waals surface area (Å²) in [5.74, 6) is -1.000. The minimum absolute atomic E-state index is 0.402. The van der Waals surface area contributed by atoms with Gasteiger partial charge in [-0.1, -0.05) is 12.8 Å². The number of rotatable bonds is 3. The van der Waals surface area contributed by atoms with Crippen LogP contribution in [0.25, 0.3) is 0 Å². The van der Waals surface area contributed by atoms with Gasteiger partial charge in [0.1, 0.15) is 0 Å². The number of terminal acetylenes is 1. The normalized spacial score (nSPS) is 11.6. The molecule has 1 atom stereocenters. The molecule has 1 rings (SSSR count). The maximum atomic E-state index is 13.2. The summed E-state index contributed by atoms with van der Waals surface area (Å²) >= 11 is 0. The first-order chi connectivity index (χ1) is 7.60. The summed E-state index contributed by atoms with van der Waals surface area (Å²) in [6.45, 7) is 1.77. The maximum absolute atomic E-state index is 13.2. The highest BCUT2D eigenvalue weighted by molar-refractivity contribution is 5.94. The molecule has 0 aliphatic carbocycles. The van der Waals surface area contributed by atoms with Gasteiger partial charge in [0.2, 0.25) is 5.95 Å². The SMILES string of the molecule is C#CC(CC)NC(=O)c1ccnc(F)c1F. The summed E-state index contributed by atoms with van der Waals surface area (Å²) in [5, 5.41) is 2.39. The molecular weight excluding hydrogens is 214 g/mol. The summed E-state index contributed by atoms with van der Waals surface area (Å²) in [6.07, 6.45) is 6.66. The summed E-state index contributed by atoms with van der Waals surface area (Å²) in [7, 11) is 0. The number of carbonyl (C=O) groups excluding carboxylic acids is 1. The van der Waals surface area contributed by atoms with Crippen molar-refractivity contribution >= 4 is 5.91 Å². The molecular formula is C11H10F2N2O. The Bertz CT molecular complexity index is 440. The third kappa shape index (κ3) is 2.54. The zero-order chi connectivity index (χ0) is 12.1. The summed E-state index contributed by atoms with van der Waals surface area (Å²) in [6, 6.07) is 0.597. The van der Waals surface area contributed by atoms with Crippen molar-refractivity contribution < 1.29 is 13.6 Å². The van der Waals surface area contributed by atoms with Gasteiger partial charge in [0.25, 0.3) is 5.91 Å². The van der Waals surface area contributed by atoms with Crippen molar-refractivity contribution in [3.05, 3.63) is 29.6 Å². The first-order valence-electron chi connectivity index (χ1n) is 4.67. The molecule has 1 aromatic rings. The Morgan fingerprint density at radius 2 is 2.38 bits per heavy atom. The molecule has 0 aliphatic heterocycles. The van der Waals surface area contributed by atoms with E-state index in [1.54, 1.807) is 6.92 Å². The van der Waals surface area contributed by atoms with Gasteiger partial charge in [-0.25, -0.2) is 9.37 Å². The Morgan fingerprint density at radius 3 is 2.94 bits per heavy atom. The number of hydrogen-bond donors (Lipinski definition) is 1. The lowest BCUT2D eigenvalue weighted by Gasteiger charge is -2.10. The second-order valence-electron chi connectivity index (χ2n) is 3.06. The van der Waals surface area contributed by atoms with Crippen LogP contribution in [0.3, 0.4) is 0 Å². The summed E-state index contributed by atoms with van der Waals surface area (Å²) in [5.41, 5.74) is -0.402. The first-order valence-corrected chi connectivity index (χ1v) is 4.67. The Morgan fingerprint density at radius 1 is 1.69 bits per heavy atom. The number of nitrogens with one attached hydrogen (secondary N) is 1. The third-order valence-electron chi connectivity index (χ3n) is 2.01. The van der Waals surface area contributed by atoms with Crippen molar-refractivity contribution in [1.29, 1.82) is 0 Å². The van der Waals surface area contributed by atoms with E-state index in [1.807, 2.05) is 0 Å². The summed E-state index contributed by atoms with van der Waals surface area (Å²) in [4.78, 5) is 14.6. The molecule has 0 aliphatic rings. The van der Waals surface area contributed by atoms with Crippen molar-refractivity contribution in [2.45, 2.75) is 19.4 Å². The van der Waals surface area contributed by atoms with Crippen LogP contribution >= 0.6 is 0 Å². The molecule has 0 aromatic carbocycles. The van der Waals surface area contributed by atoms with Crippen molar-refractivity contribution in [2.75, 3.05) is 0 Å². The largest absolute Gasteiger partial charge is 0.338 e. The monoisotopic (exact) mass is 224 g/mol. The van der Waals surface area contributed by atoms with Crippen LogP contribution in [-0.2, 0) is 0 Å². The molecule has 0 radical (unpaired) electrons. The second-order valence-corrected chi connectivity index (χ2v) is 3.06. The molecule has 0 saturated heterocycles. The highest BCUT2D eigenvalue weighted by atomic mass is 19.2. The van der Waals surface area contributed by atoms with Gasteiger partial charge in [0.15, 0.2) is 5.82 Å². The Kier molecular flexibility index (Phi) is 3.95. The molecule has 1 N–H and O–H groups in total. The molecule has 0 fully saturated rings. The first kappa shape index (κ1) is 12.1. The van der Waals surface area contributed by atoms with Crippen LogP contribution in [0.15, 0.2) is 12.3 Å². The van der Waals surface area contributed by atoms with E-state index in [2.05, 4.69) is 16.2 Å². The molecule has 84 valence electrons. The molecule has 0 bridgehead atoms. The summed E-state index contributed by atoms with van der Waals surface area (Å²) < 4.78 is 25.9. The van der Waals surface area contributed by atoms with Crippen molar-refractivity contribution in [2.24, 2.45) is 0 Å². The molecule has 1 amide bonds. The lowest BCUT2D eigenvalue weighted by molar-refractivity contribution is 0.0939. The van der Waals surface area contributed by atoms with E-state index in [0.717, 1.165) is 12.3 Å². The molecule has 0 saturated carbocycles. The van der Waals surface area contributed by atoms with Crippen LogP contribution < -0.4 is 5.32 Å². The van der Waals surface area contributed by atoms with E-state index < -0.39 is 29.3 Å². The average Bonchev–Trinajstić information content (AvgIpc) is 2.29. The van der Waals surface area contributed by atoms with Crippen molar-refractivity contribution in [1.82, 2.24) is 10.3 Å². The van der Waals surface area contributed by atoms with Gasteiger partial charge in [-0.2, -0.15) is 4.39 Å². The van der Waals surface area contributed by atoms with Gasteiger partial charge < -0.3 is 5.32 Å². The topological polar surface area (TPSA) is 42.0 Å². The van der Waals surface area contributed by atoms with Gasteiger partial charge in [-0.15, -0.1) is 6.42 Å². The molecule has 5 heteroatoms. The molecule has 1 heterocycles. The Hall–Kier alpha value is -1.96. The fraction of sp³-hybridized carbons (Fsp3) is 0.273. The zero-order valence-electron chi connectivity index (χ0n) is 8.63. The Labute approximate surface area is 91.9 Å². The molecule has 1 unspecified atom stereocenters. The smallest absolute Gasteiger partial charge is 0.255 e. The molecule has 3 nitrogen and oxygen atoms in total. The van der Waals surface area contributed by atoms with E-state index >= 15 is 0 Å². The molecule has 0 spiro atoms. The van der Waals surface area contributed by atoms with Crippen LogP contribution in [0.2, 0.25) is 0 Å².